The standard InChI is InChI=1S/C20H15N3O7S2/c1-11-15-9-13(29-2)5-8-16(15)30-18(11)19(24)22-20-21-10-17(31-20)32(27,28)14-6-3-12(4-7-14)23(25)26/h3-10H,1-2H3,(H,21,22,24). The Labute approximate surface area is 185 Å². The number of rotatable bonds is 6. The molecule has 0 bridgehead atoms. The maximum atomic E-state index is 12.8. The molecule has 0 saturated carbocycles. The lowest BCUT2D eigenvalue weighted by molar-refractivity contribution is -0.384. The van der Waals surface area contributed by atoms with E-state index in [9.17, 15) is 23.3 Å². The number of furan rings is 1. The summed E-state index contributed by atoms with van der Waals surface area (Å²) in [5.41, 5.74) is 0.890. The van der Waals surface area contributed by atoms with Crippen molar-refractivity contribution in [2.45, 2.75) is 16.0 Å². The van der Waals surface area contributed by atoms with Gasteiger partial charge in [-0.1, -0.05) is 11.3 Å². The lowest BCUT2D eigenvalue weighted by Gasteiger charge is -2.01. The van der Waals surface area contributed by atoms with E-state index in [0.29, 0.717) is 16.9 Å². The highest BCUT2D eigenvalue weighted by molar-refractivity contribution is 7.93. The summed E-state index contributed by atoms with van der Waals surface area (Å²) in [6.45, 7) is 1.73. The molecule has 2 aromatic carbocycles. The number of ether oxygens (including phenoxy) is 1. The van der Waals surface area contributed by atoms with Gasteiger partial charge in [0, 0.05) is 23.1 Å². The fourth-order valence-electron chi connectivity index (χ4n) is 3.00. The molecule has 10 nitrogen and oxygen atoms in total. The third kappa shape index (κ3) is 3.81. The van der Waals surface area contributed by atoms with E-state index in [2.05, 4.69) is 10.3 Å². The number of carbonyl (C=O) groups is 1. The summed E-state index contributed by atoms with van der Waals surface area (Å²) in [6.07, 6.45) is 1.12. The smallest absolute Gasteiger partial charge is 0.293 e. The summed E-state index contributed by atoms with van der Waals surface area (Å²) in [5, 5.41) is 14.1. The van der Waals surface area contributed by atoms with Gasteiger partial charge in [0.1, 0.15) is 15.5 Å². The molecule has 0 radical (unpaired) electrons. The van der Waals surface area contributed by atoms with E-state index in [0.717, 1.165) is 47.2 Å². The number of methoxy groups -OCH3 is 1. The van der Waals surface area contributed by atoms with Gasteiger partial charge in [-0.05, 0) is 37.3 Å². The number of non-ortho nitro benzene ring substituents is 1. The summed E-state index contributed by atoms with van der Waals surface area (Å²) in [7, 11) is -2.42. The minimum atomic E-state index is -3.95. The average molecular weight is 473 g/mol. The SMILES string of the molecule is COc1ccc2oc(C(=O)Nc3ncc(S(=O)(=O)c4ccc([N+](=O)[O-])cc4)s3)c(C)c2c1. The van der Waals surface area contributed by atoms with Crippen molar-refractivity contribution in [2.24, 2.45) is 0 Å². The van der Waals surface area contributed by atoms with Crippen LogP contribution in [0, 0.1) is 17.0 Å². The fraction of sp³-hybridized carbons (Fsp3) is 0.100. The number of anilines is 1. The Hall–Kier alpha value is -3.77. The van der Waals surface area contributed by atoms with Gasteiger partial charge in [-0.3, -0.25) is 20.2 Å². The van der Waals surface area contributed by atoms with E-state index in [4.69, 9.17) is 9.15 Å². The number of nitro groups is 1. The van der Waals surface area contributed by atoms with Gasteiger partial charge in [0.25, 0.3) is 11.6 Å². The van der Waals surface area contributed by atoms with Crippen LogP contribution in [0.4, 0.5) is 10.8 Å². The van der Waals surface area contributed by atoms with E-state index in [1.165, 1.54) is 7.11 Å². The number of carbonyl (C=O) groups excluding carboxylic acids is 1. The van der Waals surface area contributed by atoms with Gasteiger partial charge < -0.3 is 9.15 Å². The van der Waals surface area contributed by atoms with Gasteiger partial charge in [-0.2, -0.15) is 0 Å². The van der Waals surface area contributed by atoms with Crippen LogP contribution < -0.4 is 10.1 Å². The van der Waals surface area contributed by atoms with Gasteiger partial charge in [0.05, 0.1) is 23.1 Å². The van der Waals surface area contributed by atoms with Crippen LogP contribution in [0.5, 0.6) is 5.75 Å². The van der Waals surface area contributed by atoms with Gasteiger partial charge >= 0.3 is 0 Å². The molecule has 4 rings (SSSR count). The largest absolute Gasteiger partial charge is 0.497 e. The molecule has 4 aromatic rings. The van der Waals surface area contributed by atoms with Crippen LogP contribution in [-0.4, -0.2) is 31.3 Å². The Morgan fingerprint density at radius 2 is 1.94 bits per heavy atom. The van der Waals surface area contributed by atoms with Crippen LogP contribution >= 0.6 is 11.3 Å². The number of fused-ring (bicyclic) bond motifs is 1. The topological polar surface area (TPSA) is 142 Å². The highest BCUT2D eigenvalue weighted by Gasteiger charge is 2.24. The molecular weight excluding hydrogens is 458 g/mol. The maximum Gasteiger partial charge on any atom is 0.293 e. The lowest BCUT2D eigenvalue weighted by Crippen LogP contribution is -2.11. The number of nitrogens with one attached hydrogen (secondary N) is 1. The van der Waals surface area contributed by atoms with Crippen LogP contribution in [-0.2, 0) is 9.84 Å². The molecule has 0 spiro atoms. The molecule has 2 heterocycles. The van der Waals surface area contributed by atoms with E-state index >= 15 is 0 Å². The highest BCUT2D eigenvalue weighted by atomic mass is 32.2. The van der Waals surface area contributed by atoms with E-state index in [-0.39, 0.29) is 25.7 Å². The number of sulfone groups is 1. The van der Waals surface area contributed by atoms with Crippen molar-refractivity contribution in [1.82, 2.24) is 4.98 Å². The summed E-state index contributed by atoms with van der Waals surface area (Å²) < 4.78 is 36.3. The molecule has 1 amide bonds. The molecule has 1 N–H and O–H groups in total. The molecule has 164 valence electrons. The molecular formula is C20H15N3O7S2. The van der Waals surface area contributed by atoms with Gasteiger partial charge in [0.2, 0.25) is 9.84 Å². The Morgan fingerprint density at radius 1 is 1.22 bits per heavy atom. The quantitative estimate of drug-likeness (QED) is 0.324. The molecule has 0 aliphatic heterocycles. The third-order valence-corrected chi connectivity index (χ3v) is 7.82. The molecule has 12 heteroatoms. The first-order valence-corrected chi connectivity index (χ1v) is 11.3. The van der Waals surface area contributed by atoms with Gasteiger partial charge in [-0.25, -0.2) is 13.4 Å². The van der Waals surface area contributed by atoms with Crippen molar-refractivity contribution in [3.8, 4) is 5.75 Å². The number of nitro benzene ring substituents is 1. The Balaban J connectivity index is 1.58. The number of hydrogen-bond donors (Lipinski definition) is 1. The number of thiazole rings is 1. The Kier molecular flexibility index (Phi) is 5.40. The monoisotopic (exact) mass is 473 g/mol. The van der Waals surface area contributed by atoms with Crippen LogP contribution in [0.3, 0.4) is 0 Å². The van der Waals surface area contributed by atoms with Crippen molar-refractivity contribution in [3.05, 3.63) is 70.1 Å². The van der Waals surface area contributed by atoms with Gasteiger partial charge in [-0.15, -0.1) is 0 Å². The predicted molar refractivity (Wildman–Crippen MR) is 116 cm³/mol. The van der Waals surface area contributed by atoms with E-state index < -0.39 is 20.7 Å². The molecule has 0 aliphatic rings. The summed E-state index contributed by atoms with van der Waals surface area (Å²) in [4.78, 5) is 26.7. The van der Waals surface area contributed by atoms with Crippen LogP contribution in [0.2, 0.25) is 0 Å². The zero-order valence-electron chi connectivity index (χ0n) is 16.7. The zero-order valence-corrected chi connectivity index (χ0v) is 18.3. The van der Waals surface area contributed by atoms with Crippen molar-refractivity contribution in [1.29, 1.82) is 0 Å². The average Bonchev–Trinajstić information content (AvgIpc) is 3.38. The molecule has 2 aromatic heterocycles. The lowest BCUT2D eigenvalue weighted by atomic mass is 10.1. The Bertz CT molecular complexity index is 1450. The van der Waals surface area contributed by atoms with Crippen LogP contribution in [0.25, 0.3) is 11.0 Å². The summed E-state index contributed by atoms with van der Waals surface area (Å²) >= 11 is 0.760. The second kappa shape index (κ2) is 8.05. The first kappa shape index (κ1) is 21.5. The van der Waals surface area contributed by atoms with E-state index in [1.807, 2.05) is 0 Å². The Morgan fingerprint density at radius 3 is 2.59 bits per heavy atom. The number of amides is 1. The van der Waals surface area contributed by atoms with Crippen molar-refractivity contribution in [2.75, 3.05) is 12.4 Å². The van der Waals surface area contributed by atoms with Crippen molar-refractivity contribution < 1.29 is 27.3 Å². The first-order valence-electron chi connectivity index (χ1n) is 9.04. The molecule has 0 aliphatic carbocycles. The molecule has 0 saturated heterocycles. The number of benzene rings is 2. The van der Waals surface area contributed by atoms with Crippen LogP contribution in [0.15, 0.2) is 62.2 Å². The molecule has 32 heavy (non-hydrogen) atoms. The summed E-state index contributed by atoms with van der Waals surface area (Å²) in [6, 6.07) is 9.67. The number of hydrogen-bond acceptors (Lipinski definition) is 9. The normalized spacial score (nSPS) is 11.4. The molecule has 0 unspecified atom stereocenters. The van der Waals surface area contributed by atoms with Crippen LogP contribution in [0.1, 0.15) is 16.1 Å². The minimum Gasteiger partial charge on any atom is -0.497 e. The second-order valence-corrected chi connectivity index (χ2v) is 9.82. The summed E-state index contributed by atoms with van der Waals surface area (Å²) in [5.74, 6) is 0.115. The minimum absolute atomic E-state index is 0.0629. The van der Waals surface area contributed by atoms with E-state index in [1.54, 1.807) is 25.1 Å². The third-order valence-electron chi connectivity index (χ3n) is 4.68. The number of nitrogens with zero attached hydrogens (tertiary/aromatic N) is 2. The molecule has 0 fully saturated rings. The second-order valence-electron chi connectivity index (χ2n) is 6.61. The number of aryl methyl sites for hydroxylation is 1. The zero-order chi connectivity index (χ0) is 23.0. The fourth-order valence-corrected chi connectivity index (χ4v) is 5.43. The predicted octanol–water partition coefficient (Wildman–Crippen LogP) is 4.20. The molecule has 0 atom stereocenters. The maximum absolute atomic E-state index is 12.8. The van der Waals surface area contributed by atoms with Gasteiger partial charge in [0.15, 0.2) is 10.9 Å². The number of aromatic nitrogens is 1. The van der Waals surface area contributed by atoms with Crippen molar-refractivity contribution >= 4 is 48.9 Å². The van der Waals surface area contributed by atoms with Crippen molar-refractivity contribution in [3.63, 3.8) is 0 Å². The highest BCUT2D eigenvalue weighted by Crippen LogP contribution is 2.32. The first-order chi connectivity index (χ1) is 15.2.